The lowest BCUT2D eigenvalue weighted by atomic mass is 9.77. The molecule has 1 aromatic rings. The van der Waals surface area contributed by atoms with Gasteiger partial charge in [-0.2, -0.15) is 0 Å². The standard InChI is InChI=1S/C21H34N2/c1-16(2)20-12-21(22-13-18-8-5-4-6-9-18)15-23(14-20)17(3)19-10-7-11-19/h4-6,8-9,16-17,19-22H,7,10-15H2,1-3H3. The third kappa shape index (κ3) is 4.36. The highest BCUT2D eigenvalue weighted by Crippen LogP contribution is 2.34. The zero-order chi connectivity index (χ0) is 16.2. The fourth-order valence-corrected chi connectivity index (χ4v) is 4.22. The molecule has 3 rings (SSSR count). The summed E-state index contributed by atoms with van der Waals surface area (Å²) < 4.78 is 0. The number of hydrogen-bond acceptors (Lipinski definition) is 2. The quantitative estimate of drug-likeness (QED) is 0.841. The lowest BCUT2D eigenvalue weighted by molar-refractivity contribution is 0.0395. The Morgan fingerprint density at radius 3 is 2.39 bits per heavy atom. The van der Waals surface area contributed by atoms with Crippen LogP contribution in [0.4, 0.5) is 0 Å². The summed E-state index contributed by atoms with van der Waals surface area (Å²) in [6, 6.07) is 12.2. The van der Waals surface area contributed by atoms with E-state index in [0.717, 1.165) is 30.3 Å². The monoisotopic (exact) mass is 314 g/mol. The third-order valence-electron chi connectivity index (χ3n) is 6.30. The molecule has 2 fully saturated rings. The second-order valence-electron chi connectivity index (χ2n) is 8.19. The van der Waals surface area contributed by atoms with Crippen LogP contribution in [0.25, 0.3) is 0 Å². The molecule has 1 aliphatic heterocycles. The van der Waals surface area contributed by atoms with E-state index in [-0.39, 0.29) is 0 Å². The normalized spacial score (nSPS) is 27.8. The zero-order valence-corrected chi connectivity index (χ0v) is 15.2. The Balaban J connectivity index is 1.59. The van der Waals surface area contributed by atoms with Crippen molar-refractivity contribution in [2.75, 3.05) is 13.1 Å². The van der Waals surface area contributed by atoms with Crippen LogP contribution in [0.1, 0.15) is 52.0 Å². The Bertz CT molecular complexity index is 466. The van der Waals surface area contributed by atoms with Crippen LogP contribution in [0.5, 0.6) is 0 Å². The first-order valence-corrected chi connectivity index (χ1v) is 9.65. The molecule has 0 amide bonds. The predicted octanol–water partition coefficient (Wildman–Crippen LogP) is 4.31. The number of benzene rings is 1. The number of nitrogens with zero attached hydrogens (tertiary/aromatic N) is 1. The van der Waals surface area contributed by atoms with Crippen LogP contribution in [-0.4, -0.2) is 30.1 Å². The highest BCUT2D eigenvalue weighted by atomic mass is 15.2. The van der Waals surface area contributed by atoms with E-state index in [0.29, 0.717) is 6.04 Å². The van der Waals surface area contributed by atoms with E-state index in [4.69, 9.17) is 0 Å². The zero-order valence-electron chi connectivity index (χ0n) is 15.2. The lowest BCUT2D eigenvalue weighted by Gasteiger charge is -2.46. The average molecular weight is 315 g/mol. The van der Waals surface area contributed by atoms with Crippen molar-refractivity contribution in [3.63, 3.8) is 0 Å². The molecule has 1 aromatic carbocycles. The highest BCUT2D eigenvalue weighted by molar-refractivity contribution is 5.14. The van der Waals surface area contributed by atoms with E-state index >= 15 is 0 Å². The molecule has 1 saturated carbocycles. The molecule has 1 aliphatic carbocycles. The SMILES string of the molecule is CC(C)C1CC(NCc2ccccc2)CN(C(C)C2CCC2)C1. The van der Waals surface area contributed by atoms with Gasteiger partial charge in [0.15, 0.2) is 0 Å². The summed E-state index contributed by atoms with van der Waals surface area (Å²) in [7, 11) is 0. The molecule has 0 spiro atoms. The van der Waals surface area contributed by atoms with E-state index in [9.17, 15) is 0 Å². The van der Waals surface area contributed by atoms with Crippen molar-refractivity contribution in [1.29, 1.82) is 0 Å². The van der Waals surface area contributed by atoms with Crippen LogP contribution in [0.2, 0.25) is 0 Å². The number of rotatable bonds is 6. The number of hydrogen-bond donors (Lipinski definition) is 1. The van der Waals surface area contributed by atoms with Gasteiger partial charge in [0.1, 0.15) is 0 Å². The van der Waals surface area contributed by atoms with Crippen LogP contribution in [0.3, 0.4) is 0 Å². The summed E-state index contributed by atoms with van der Waals surface area (Å²) in [6.45, 7) is 10.8. The fraction of sp³-hybridized carbons (Fsp3) is 0.714. The van der Waals surface area contributed by atoms with Crippen molar-refractivity contribution < 1.29 is 0 Å². The van der Waals surface area contributed by atoms with Gasteiger partial charge in [0.25, 0.3) is 0 Å². The molecule has 0 aromatic heterocycles. The van der Waals surface area contributed by atoms with Crippen molar-refractivity contribution >= 4 is 0 Å². The first-order chi connectivity index (χ1) is 11.1. The predicted molar refractivity (Wildman–Crippen MR) is 98.4 cm³/mol. The van der Waals surface area contributed by atoms with E-state index in [1.807, 2.05) is 0 Å². The van der Waals surface area contributed by atoms with Crippen molar-refractivity contribution in [1.82, 2.24) is 10.2 Å². The van der Waals surface area contributed by atoms with Crippen molar-refractivity contribution in [3.05, 3.63) is 35.9 Å². The maximum atomic E-state index is 3.84. The summed E-state index contributed by atoms with van der Waals surface area (Å²) in [5.74, 6) is 2.57. The van der Waals surface area contributed by atoms with Gasteiger partial charge in [-0.1, -0.05) is 50.6 Å². The number of piperidine rings is 1. The average Bonchev–Trinajstić information content (AvgIpc) is 2.52. The molecule has 0 radical (unpaired) electrons. The van der Waals surface area contributed by atoms with Crippen molar-refractivity contribution in [3.8, 4) is 0 Å². The molecule has 2 aliphatic rings. The molecule has 1 heterocycles. The minimum Gasteiger partial charge on any atom is -0.309 e. The van der Waals surface area contributed by atoms with Crippen LogP contribution in [0.15, 0.2) is 30.3 Å². The topological polar surface area (TPSA) is 15.3 Å². The summed E-state index contributed by atoms with van der Waals surface area (Å²) in [5.41, 5.74) is 1.40. The molecule has 3 unspecified atom stereocenters. The molecule has 128 valence electrons. The van der Waals surface area contributed by atoms with E-state index in [1.165, 1.54) is 44.3 Å². The Morgan fingerprint density at radius 1 is 1.04 bits per heavy atom. The first kappa shape index (κ1) is 17.0. The van der Waals surface area contributed by atoms with Gasteiger partial charge in [-0.05, 0) is 49.5 Å². The van der Waals surface area contributed by atoms with Gasteiger partial charge in [-0.25, -0.2) is 0 Å². The van der Waals surface area contributed by atoms with E-state index in [2.05, 4.69) is 61.3 Å². The summed E-state index contributed by atoms with van der Waals surface area (Å²) in [4.78, 5) is 2.79. The van der Waals surface area contributed by atoms with Gasteiger partial charge < -0.3 is 5.32 Å². The van der Waals surface area contributed by atoms with Gasteiger partial charge in [0.2, 0.25) is 0 Å². The fourth-order valence-electron chi connectivity index (χ4n) is 4.22. The van der Waals surface area contributed by atoms with E-state index in [1.54, 1.807) is 0 Å². The Morgan fingerprint density at radius 2 is 1.78 bits per heavy atom. The molecule has 23 heavy (non-hydrogen) atoms. The van der Waals surface area contributed by atoms with E-state index < -0.39 is 0 Å². The van der Waals surface area contributed by atoms with Crippen LogP contribution >= 0.6 is 0 Å². The number of likely N-dealkylation sites (tertiary alicyclic amines) is 1. The molecule has 3 atom stereocenters. The van der Waals surface area contributed by atoms with Gasteiger partial charge in [0, 0.05) is 31.7 Å². The van der Waals surface area contributed by atoms with Gasteiger partial charge in [0.05, 0.1) is 0 Å². The molecule has 2 heteroatoms. The lowest BCUT2D eigenvalue weighted by Crippen LogP contribution is -2.55. The van der Waals surface area contributed by atoms with Crippen LogP contribution in [-0.2, 0) is 6.54 Å². The van der Waals surface area contributed by atoms with Crippen LogP contribution < -0.4 is 5.32 Å². The van der Waals surface area contributed by atoms with Gasteiger partial charge in [-0.15, -0.1) is 0 Å². The smallest absolute Gasteiger partial charge is 0.0208 e. The maximum absolute atomic E-state index is 3.84. The minimum atomic E-state index is 0.638. The van der Waals surface area contributed by atoms with Crippen LogP contribution in [0, 0.1) is 17.8 Å². The summed E-state index contributed by atoms with van der Waals surface area (Å²) in [5, 5.41) is 3.84. The Hall–Kier alpha value is -0.860. The minimum absolute atomic E-state index is 0.638. The Labute approximate surface area is 142 Å². The second-order valence-corrected chi connectivity index (χ2v) is 8.19. The maximum Gasteiger partial charge on any atom is 0.0208 e. The summed E-state index contributed by atoms with van der Waals surface area (Å²) in [6.07, 6.45) is 5.68. The highest BCUT2D eigenvalue weighted by Gasteiger charge is 2.35. The first-order valence-electron chi connectivity index (χ1n) is 9.65. The van der Waals surface area contributed by atoms with Gasteiger partial charge >= 0.3 is 0 Å². The number of nitrogens with one attached hydrogen (secondary N) is 1. The third-order valence-corrected chi connectivity index (χ3v) is 6.30. The molecular formula is C21H34N2. The van der Waals surface area contributed by atoms with Gasteiger partial charge in [-0.3, -0.25) is 4.90 Å². The second kappa shape index (κ2) is 7.81. The molecular weight excluding hydrogens is 280 g/mol. The van der Waals surface area contributed by atoms with Crippen molar-refractivity contribution in [2.24, 2.45) is 17.8 Å². The molecule has 0 bridgehead atoms. The molecule has 2 nitrogen and oxygen atoms in total. The largest absolute Gasteiger partial charge is 0.309 e. The Kier molecular flexibility index (Phi) is 5.76. The summed E-state index contributed by atoms with van der Waals surface area (Å²) >= 11 is 0. The van der Waals surface area contributed by atoms with Crippen molar-refractivity contribution in [2.45, 2.75) is 65.1 Å². The molecule has 1 saturated heterocycles. The molecule has 1 N–H and O–H groups in total.